The van der Waals surface area contributed by atoms with Crippen LogP contribution in [0.25, 0.3) is 0 Å². The smallest absolute Gasteiger partial charge is 0.0779 e. The highest BCUT2D eigenvalue weighted by atomic mass is 16.5. The summed E-state index contributed by atoms with van der Waals surface area (Å²) in [6, 6.07) is 7.19. The van der Waals surface area contributed by atoms with Crippen molar-refractivity contribution in [2.45, 2.75) is 44.9 Å². The number of benzene rings is 1. The molecule has 1 heterocycles. The Morgan fingerprint density at radius 2 is 2.28 bits per heavy atom. The molecule has 1 aliphatic heterocycles. The summed E-state index contributed by atoms with van der Waals surface area (Å²) in [6.07, 6.45) is 4.24. The van der Waals surface area contributed by atoms with Gasteiger partial charge in [-0.05, 0) is 43.4 Å². The third-order valence-corrected chi connectivity index (χ3v) is 4.29. The average molecular weight is 246 g/mol. The predicted octanol–water partition coefficient (Wildman–Crippen LogP) is 2.21. The van der Waals surface area contributed by atoms with Crippen molar-refractivity contribution in [2.75, 3.05) is 18.1 Å². The second kappa shape index (κ2) is 4.90. The number of nitrogens with two attached hydrogens (primary N) is 1. The van der Waals surface area contributed by atoms with Gasteiger partial charge in [0.1, 0.15) is 0 Å². The third kappa shape index (κ3) is 2.02. The minimum atomic E-state index is 0.451. The van der Waals surface area contributed by atoms with E-state index in [9.17, 15) is 0 Å². The second-order valence-corrected chi connectivity index (χ2v) is 5.43. The molecule has 0 radical (unpaired) electrons. The van der Waals surface area contributed by atoms with Crippen molar-refractivity contribution < 1.29 is 4.74 Å². The highest BCUT2D eigenvalue weighted by Crippen LogP contribution is 2.34. The number of ether oxygens (including phenoxy) is 1. The van der Waals surface area contributed by atoms with Gasteiger partial charge in [-0.1, -0.05) is 12.1 Å². The fourth-order valence-corrected chi connectivity index (χ4v) is 3.39. The molecule has 2 N–H and O–H groups in total. The van der Waals surface area contributed by atoms with E-state index in [4.69, 9.17) is 10.5 Å². The molecule has 1 aromatic rings. The van der Waals surface area contributed by atoms with Gasteiger partial charge >= 0.3 is 0 Å². The molecule has 2 fully saturated rings. The Kier molecular flexibility index (Phi) is 3.27. The topological polar surface area (TPSA) is 38.5 Å². The van der Waals surface area contributed by atoms with Crippen LogP contribution in [0.1, 0.15) is 30.4 Å². The van der Waals surface area contributed by atoms with E-state index < -0.39 is 0 Å². The van der Waals surface area contributed by atoms with Gasteiger partial charge in [-0.25, -0.2) is 0 Å². The summed E-state index contributed by atoms with van der Waals surface area (Å²) in [6.45, 7) is 4.69. The summed E-state index contributed by atoms with van der Waals surface area (Å²) in [5.41, 5.74) is 9.62. The van der Waals surface area contributed by atoms with Gasteiger partial charge in [0.2, 0.25) is 0 Å². The number of nitrogens with zero attached hydrogens (tertiary/aromatic N) is 1. The van der Waals surface area contributed by atoms with Crippen molar-refractivity contribution in [3.8, 4) is 0 Å². The lowest BCUT2D eigenvalue weighted by Gasteiger charge is -2.40. The Hall–Kier alpha value is -1.06. The SMILES string of the molecule is Cc1cc(CN)ccc1N1CCOC2CCCC21. The summed E-state index contributed by atoms with van der Waals surface area (Å²) in [4.78, 5) is 2.55. The summed E-state index contributed by atoms with van der Waals surface area (Å²) in [5.74, 6) is 0. The maximum absolute atomic E-state index is 5.88. The Morgan fingerprint density at radius 1 is 1.39 bits per heavy atom. The Balaban J connectivity index is 1.89. The highest BCUT2D eigenvalue weighted by Gasteiger charge is 2.36. The van der Waals surface area contributed by atoms with Crippen molar-refractivity contribution in [1.82, 2.24) is 0 Å². The first-order valence-corrected chi connectivity index (χ1v) is 6.97. The van der Waals surface area contributed by atoms with Crippen LogP contribution in [-0.2, 0) is 11.3 Å². The molecule has 1 saturated carbocycles. The van der Waals surface area contributed by atoms with E-state index in [2.05, 4.69) is 30.0 Å². The van der Waals surface area contributed by atoms with Crippen LogP contribution >= 0.6 is 0 Å². The van der Waals surface area contributed by atoms with Gasteiger partial charge in [0.25, 0.3) is 0 Å². The van der Waals surface area contributed by atoms with Gasteiger partial charge in [-0.15, -0.1) is 0 Å². The zero-order valence-corrected chi connectivity index (χ0v) is 11.1. The van der Waals surface area contributed by atoms with E-state index in [1.54, 1.807) is 0 Å². The normalized spacial score (nSPS) is 27.3. The number of anilines is 1. The van der Waals surface area contributed by atoms with Gasteiger partial charge in [0, 0.05) is 18.8 Å². The predicted molar refractivity (Wildman–Crippen MR) is 73.8 cm³/mol. The molecule has 0 amide bonds. The van der Waals surface area contributed by atoms with Crippen LogP contribution in [0.15, 0.2) is 18.2 Å². The Bertz CT molecular complexity index is 433. The number of hydrogen-bond donors (Lipinski definition) is 1. The second-order valence-electron chi connectivity index (χ2n) is 5.43. The van der Waals surface area contributed by atoms with E-state index in [1.165, 1.54) is 36.1 Å². The average Bonchev–Trinajstić information content (AvgIpc) is 2.87. The quantitative estimate of drug-likeness (QED) is 0.869. The molecule has 3 rings (SSSR count). The lowest BCUT2D eigenvalue weighted by atomic mass is 10.0. The summed E-state index contributed by atoms with van der Waals surface area (Å²) >= 11 is 0. The van der Waals surface area contributed by atoms with Crippen molar-refractivity contribution in [2.24, 2.45) is 5.73 Å². The minimum absolute atomic E-state index is 0.451. The number of rotatable bonds is 2. The van der Waals surface area contributed by atoms with Crippen LogP contribution < -0.4 is 10.6 Å². The monoisotopic (exact) mass is 246 g/mol. The van der Waals surface area contributed by atoms with Gasteiger partial charge in [-0.2, -0.15) is 0 Å². The molecule has 3 nitrogen and oxygen atoms in total. The van der Waals surface area contributed by atoms with Gasteiger partial charge < -0.3 is 15.4 Å². The van der Waals surface area contributed by atoms with Crippen LogP contribution in [0.5, 0.6) is 0 Å². The summed E-state index contributed by atoms with van der Waals surface area (Å²) in [5, 5.41) is 0. The molecule has 0 spiro atoms. The first-order chi connectivity index (χ1) is 8.79. The first kappa shape index (κ1) is 12.0. The van der Waals surface area contributed by atoms with Crippen molar-refractivity contribution in [3.63, 3.8) is 0 Å². The lowest BCUT2D eigenvalue weighted by molar-refractivity contribution is 0.0256. The number of aryl methyl sites for hydroxylation is 1. The molecule has 2 aliphatic rings. The molecule has 0 aromatic heterocycles. The molecule has 1 saturated heterocycles. The third-order valence-electron chi connectivity index (χ3n) is 4.29. The maximum Gasteiger partial charge on any atom is 0.0779 e. The van der Waals surface area contributed by atoms with Gasteiger partial charge in [0.15, 0.2) is 0 Å². The fraction of sp³-hybridized carbons (Fsp3) is 0.600. The molecule has 2 unspecified atom stereocenters. The molecule has 0 bridgehead atoms. The molecular weight excluding hydrogens is 224 g/mol. The largest absolute Gasteiger partial charge is 0.374 e. The van der Waals surface area contributed by atoms with E-state index in [1.807, 2.05) is 0 Å². The zero-order chi connectivity index (χ0) is 12.5. The molecule has 3 heteroatoms. The summed E-state index contributed by atoms with van der Waals surface area (Å²) in [7, 11) is 0. The van der Waals surface area contributed by atoms with E-state index in [0.717, 1.165) is 13.2 Å². The van der Waals surface area contributed by atoms with Crippen LogP contribution in [0.3, 0.4) is 0 Å². The molecule has 2 atom stereocenters. The molecule has 18 heavy (non-hydrogen) atoms. The van der Waals surface area contributed by atoms with Gasteiger partial charge in [0.05, 0.1) is 18.8 Å². The molecule has 98 valence electrons. The zero-order valence-electron chi connectivity index (χ0n) is 11.1. The fourth-order valence-electron chi connectivity index (χ4n) is 3.39. The van der Waals surface area contributed by atoms with Crippen LogP contribution in [0.2, 0.25) is 0 Å². The minimum Gasteiger partial charge on any atom is -0.374 e. The van der Waals surface area contributed by atoms with E-state index >= 15 is 0 Å². The first-order valence-electron chi connectivity index (χ1n) is 6.97. The highest BCUT2D eigenvalue weighted by molar-refractivity contribution is 5.56. The van der Waals surface area contributed by atoms with Crippen molar-refractivity contribution in [1.29, 1.82) is 0 Å². The summed E-state index contributed by atoms with van der Waals surface area (Å²) < 4.78 is 5.88. The Labute approximate surface area is 109 Å². The number of fused-ring (bicyclic) bond motifs is 1. The molecule has 1 aliphatic carbocycles. The van der Waals surface area contributed by atoms with Gasteiger partial charge in [-0.3, -0.25) is 0 Å². The molecule has 1 aromatic carbocycles. The molecular formula is C15H22N2O. The van der Waals surface area contributed by atoms with Crippen LogP contribution in [0, 0.1) is 6.92 Å². The number of hydrogen-bond acceptors (Lipinski definition) is 3. The van der Waals surface area contributed by atoms with Crippen molar-refractivity contribution in [3.05, 3.63) is 29.3 Å². The van der Waals surface area contributed by atoms with Crippen LogP contribution in [0.4, 0.5) is 5.69 Å². The Morgan fingerprint density at radius 3 is 3.06 bits per heavy atom. The maximum atomic E-state index is 5.88. The van der Waals surface area contributed by atoms with E-state index in [-0.39, 0.29) is 0 Å². The standard InChI is InChI=1S/C15H22N2O/c1-11-9-12(10-16)5-6-13(11)17-7-8-18-15-4-2-3-14(15)17/h5-6,9,14-15H,2-4,7-8,10,16H2,1H3. The van der Waals surface area contributed by atoms with E-state index in [0.29, 0.717) is 18.7 Å². The lowest BCUT2D eigenvalue weighted by Crippen LogP contribution is -2.48. The van der Waals surface area contributed by atoms with Crippen molar-refractivity contribution >= 4 is 5.69 Å². The van der Waals surface area contributed by atoms with Crippen LogP contribution in [-0.4, -0.2) is 25.3 Å². The number of morpholine rings is 1.